The van der Waals surface area contributed by atoms with E-state index in [1.54, 1.807) is 0 Å². The Kier molecular flexibility index (Phi) is 5.16. The van der Waals surface area contributed by atoms with E-state index in [1.807, 2.05) is 32.0 Å². The molecule has 0 radical (unpaired) electrons. The van der Waals surface area contributed by atoms with Crippen molar-refractivity contribution in [2.75, 3.05) is 25.0 Å². The summed E-state index contributed by atoms with van der Waals surface area (Å²) < 4.78 is 0. The maximum Gasteiger partial charge on any atom is 0.319 e. The number of benzene rings is 2. The van der Waals surface area contributed by atoms with E-state index >= 15 is 0 Å². The topological polar surface area (TPSA) is 44.4 Å². The fraction of sp³-hybridized carbons (Fsp3) is 0.350. The van der Waals surface area contributed by atoms with Gasteiger partial charge in [-0.3, -0.25) is 4.90 Å². The number of amides is 2. The lowest BCUT2D eigenvalue weighted by molar-refractivity contribution is 0.239. The maximum atomic E-state index is 12.1. The number of anilines is 1. The third kappa shape index (κ3) is 4.15. The molecule has 2 aromatic rings. The molecule has 0 atom stereocenters. The van der Waals surface area contributed by atoms with Crippen molar-refractivity contribution in [3.63, 3.8) is 0 Å². The van der Waals surface area contributed by atoms with Gasteiger partial charge in [-0.05, 0) is 48.6 Å². The number of hydrogen-bond acceptors (Lipinski definition) is 2. The van der Waals surface area contributed by atoms with Crippen LogP contribution in [0.15, 0.2) is 42.5 Å². The molecule has 0 aliphatic carbocycles. The van der Waals surface area contributed by atoms with Crippen molar-refractivity contribution in [1.29, 1.82) is 0 Å². The zero-order valence-electron chi connectivity index (χ0n) is 14.4. The smallest absolute Gasteiger partial charge is 0.319 e. The zero-order chi connectivity index (χ0) is 16.9. The predicted octanol–water partition coefficient (Wildman–Crippen LogP) is 3.48. The quantitative estimate of drug-likeness (QED) is 0.905. The molecule has 4 heteroatoms. The van der Waals surface area contributed by atoms with Crippen LogP contribution in [-0.4, -0.2) is 30.6 Å². The molecule has 2 N–H and O–H groups in total. The fourth-order valence-electron chi connectivity index (χ4n) is 3.11. The monoisotopic (exact) mass is 323 g/mol. The van der Waals surface area contributed by atoms with E-state index < -0.39 is 0 Å². The van der Waals surface area contributed by atoms with Crippen LogP contribution in [0, 0.1) is 13.8 Å². The van der Waals surface area contributed by atoms with Gasteiger partial charge in [-0.2, -0.15) is 0 Å². The second kappa shape index (κ2) is 7.49. The van der Waals surface area contributed by atoms with E-state index in [0.29, 0.717) is 6.54 Å². The first-order valence-corrected chi connectivity index (χ1v) is 8.53. The number of aryl methyl sites for hydroxylation is 2. The predicted molar refractivity (Wildman–Crippen MR) is 98.4 cm³/mol. The van der Waals surface area contributed by atoms with Gasteiger partial charge in [0.1, 0.15) is 0 Å². The Hall–Kier alpha value is -2.33. The Morgan fingerprint density at radius 1 is 1.12 bits per heavy atom. The van der Waals surface area contributed by atoms with Crippen molar-refractivity contribution in [2.24, 2.45) is 0 Å². The molecular weight excluding hydrogens is 298 g/mol. The molecule has 2 amide bonds. The maximum absolute atomic E-state index is 12.1. The number of fused-ring (bicyclic) bond motifs is 1. The number of rotatable bonds is 4. The first-order chi connectivity index (χ1) is 11.6. The van der Waals surface area contributed by atoms with Crippen molar-refractivity contribution in [3.8, 4) is 0 Å². The average Bonchev–Trinajstić information content (AvgIpc) is 2.58. The zero-order valence-corrected chi connectivity index (χ0v) is 14.4. The highest BCUT2D eigenvalue weighted by atomic mass is 16.2. The van der Waals surface area contributed by atoms with Gasteiger partial charge in [0, 0.05) is 31.9 Å². The largest absolute Gasteiger partial charge is 0.337 e. The number of hydrogen-bond donors (Lipinski definition) is 2. The Morgan fingerprint density at radius 3 is 2.75 bits per heavy atom. The van der Waals surface area contributed by atoms with Crippen LogP contribution in [0.5, 0.6) is 0 Å². The molecule has 2 aromatic carbocycles. The molecule has 126 valence electrons. The molecule has 3 rings (SSSR count). The van der Waals surface area contributed by atoms with Gasteiger partial charge < -0.3 is 10.6 Å². The lowest BCUT2D eigenvalue weighted by atomic mass is 10.00. The molecule has 1 aliphatic rings. The summed E-state index contributed by atoms with van der Waals surface area (Å²) in [6, 6.07) is 14.5. The molecule has 24 heavy (non-hydrogen) atoms. The lowest BCUT2D eigenvalue weighted by Crippen LogP contribution is -2.39. The highest BCUT2D eigenvalue weighted by Crippen LogP contribution is 2.18. The van der Waals surface area contributed by atoms with Crippen molar-refractivity contribution in [2.45, 2.75) is 26.8 Å². The summed E-state index contributed by atoms with van der Waals surface area (Å²) in [5.74, 6) is 0. The lowest BCUT2D eigenvalue weighted by Gasteiger charge is -2.28. The standard InChI is InChI=1S/C20H25N3O/c1-15-7-8-16(2)19(13-15)22-20(24)21-10-12-23-11-9-17-5-3-4-6-18(17)14-23/h3-8,13H,9-12,14H2,1-2H3,(H2,21,22,24). The highest BCUT2D eigenvalue weighted by Gasteiger charge is 2.15. The summed E-state index contributed by atoms with van der Waals surface area (Å²) in [4.78, 5) is 14.5. The molecule has 0 saturated carbocycles. The van der Waals surface area contributed by atoms with Gasteiger partial charge in [0.05, 0.1) is 0 Å². The summed E-state index contributed by atoms with van der Waals surface area (Å²) in [7, 11) is 0. The van der Waals surface area contributed by atoms with Gasteiger partial charge in [-0.25, -0.2) is 4.79 Å². The van der Waals surface area contributed by atoms with Gasteiger partial charge >= 0.3 is 6.03 Å². The van der Waals surface area contributed by atoms with Gasteiger partial charge in [-0.15, -0.1) is 0 Å². The van der Waals surface area contributed by atoms with Crippen LogP contribution in [0.1, 0.15) is 22.3 Å². The number of nitrogens with one attached hydrogen (secondary N) is 2. The number of nitrogens with zero attached hydrogens (tertiary/aromatic N) is 1. The van der Waals surface area contributed by atoms with E-state index in [2.05, 4.69) is 39.8 Å². The van der Waals surface area contributed by atoms with Gasteiger partial charge in [0.15, 0.2) is 0 Å². The molecule has 0 aromatic heterocycles. The third-order valence-corrected chi connectivity index (χ3v) is 4.56. The number of urea groups is 1. The molecule has 0 unspecified atom stereocenters. The van der Waals surface area contributed by atoms with E-state index in [1.165, 1.54) is 11.1 Å². The normalized spacial score (nSPS) is 14.1. The van der Waals surface area contributed by atoms with Crippen LogP contribution in [-0.2, 0) is 13.0 Å². The van der Waals surface area contributed by atoms with Crippen molar-refractivity contribution >= 4 is 11.7 Å². The third-order valence-electron chi connectivity index (χ3n) is 4.56. The summed E-state index contributed by atoms with van der Waals surface area (Å²) in [5.41, 5.74) is 5.95. The minimum absolute atomic E-state index is 0.138. The molecule has 0 saturated heterocycles. The fourth-order valence-corrected chi connectivity index (χ4v) is 3.11. The SMILES string of the molecule is Cc1ccc(C)c(NC(=O)NCCN2CCc3ccccc3C2)c1. The van der Waals surface area contributed by atoms with Crippen LogP contribution >= 0.6 is 0 Å². The number of carbonyl (C=O) groups is 1. The summed E-state index contributed by atoms with van der Waals surface area (Å²) in [5, 5.41) is 5.89. The Labute approximate surface area is 143 Å². The van der Waals surface area contributed by atoms with Crippen molar-refractivity contribution < 1.29 is 4.79 Å². The van der Waals surface area contributed by atoms with Gasteiger partial charge in [0.2, 0.25) is 0 Å². The Balaban J connectivity index is 1.45. The summed E-state index contributed by atoms with van der Waals surface area (Å²) in [6.07, 6.45) is 1.09. The van der Waals surface area contributed by atoms with Crippen LogP contribution < -0.4 is 10.6 Å². The first kappa shape index (κ1) is 16.5. The second-order valence-corrected chi connectivity index (χ2v) is 6.49. The van der Waals surface area contributed by atoms with Gasteiger partial charge in [-0.1, -0.05) is 36.4 Å². The van der Waals surface area contributed by atoms with Crippen molar-refractivity contribution in [3.05, 3.63) is 64.7 Å². The molecule has 1 heterocycles. The van der Waals surface area contributed by atoms with Crippen molar-refractivity contribution in [1.82, 2.24) is 10.2 Å². The second-order valence-electron chi connectivity index (χ2n) is 6.49. The van der Waals surface area contributed by atoms with Crippen LogP contribution in [0.2, 0.25) is 0 Å². The van der Waals surface area contributed by atoms with E-state index in [0.717, 1.165) is 42.9 Å². The van der Waals surface area contributed by atoms with E-state index in [-0.39, 0.29) is 6.03 Å². The molecular formula is C20H25N3O. The van der Waals surface area contributed by atoms with Crippen LogP contribution in [0.3, 0.4) is 0 Å². The molecule has 0 fully saturated rings. The summed E-state index contributed by atoms with van der Waals surface area (Å²) in [6.45, 7) is 7.57. The van der Waals surface area contributed by atoms with Gasteiger partial charge in [0.25, 0.3) is 0 Å². The Bertz CT molecular complexity index is 727. The highest BCUT2D eigenvalue weighted by molar-refractivity contribution is 5.90. The molecule has 0 bridgehead atoms. The van der Waals surface area contributed by atoms with Crippen LogP contribution in [0.25, 0.3) is 0 Å². The summed E-state index contributed by atoms with van der Waals surface area (Å²) >= 11 is 0. The average molecular weight is 323 g/mol. The number of carbonyl (C=O) groups excluding carboxylic acids is 1. The first-order valence-electron chi connectivity index (χ1n) is 8.53. The minimum Gasteiger partial charge on any atom is -0.337 e. The Morgan fingerprint density at radius 2 is 1.92 bits per heavy atom. The van der Waals surface area contributed by atoms with Crippen LogP contribution in [0.4, 0.5) is 10.5 Å². The molecule has 4 nitrogen and oxygen atoms in total. The molecule has 0 spiro atoms. The van der Waals surface area contributed by atoms with E-state index in [9.17, 15) is 4.79 Å². The van der Waals surface area contributed by atoms with E-state index in [4.69, 9.17) is 0 Å². The minimum atomic E-state index is -0.138. The molecule has 1 aliphatic heterocycles.